The molecule has 1 amide bonds. The van der Waals surface area contributed by atoms with Crippen LogP contribution in [0.5, 0.6) is 5.75 Å². The van der Waals surface area contributed by atoms with Crippen LogP contribution in [0.3, 0.4) is 0 Å². The molecule has 1 heterocycles. The second-order valence-electron chi connectivity index (χ2n) is 4.59. The standard InChI is InChI=1S/C14H18FNO4/c1-10(8-20-12-5-3-2-4-11(12)15)16-14(17)13-9-18-6-7-19-13/h2-5,10,13H,6-9H2,1H3,(H,16,17)/t10-,13+/m1/s1. The Hall–Kier alpha value is -1.66. The zero-order valence-corrected chi connectivity index (χ0v) is 11.3. The second-order valence-corrected chi connectivity index (χ2v) is 4.59. The average Bonchev–Trinajstić information content (AvgIpc) is 2.47. The third-order valence-corrected chi connectivity index (χ3v) is 2.82. The predicted molar refractivity (Wildman–Crippen MR) is 70.1 cm³/mol. The summed E-state index contributed by atoms with van der Waals surface area (Å²) in [5.41, 5.74) is 0. The monoisotopic (exact) mass is 283 g/mol. The largest absolute Gasteiger partial charge is 0.488 e. The Morgan fingerprint density at radius 3 is 3.00 bits per heavy atom. The Bertz CT molecular complexity index is 449. The molecule has 2 rings (SSSR count). The van der Waals surface area contributed by atoms with Crippen molar-refractivity contribution >= 4 is 5.91 Å². The van der Waals surface area contributed by atoms with Crippen LogP contribution in [0.25, 0.3) is 0 Å². The van der Waals surface area contributed by atoms with Crippen molar-refractivity contribution in [3.05, 3.63) is 30.1 Å². The number of para-hydroxylation sites is 1. The van der Waals surface area contributed by atoms with Crippen LogP contribution in [-0.4, -0.2) is 44.5 Å². The molecule has 1 aliphatic rings. The highest BCUT2D eigenvalue weighted by molar-refractivity contribution is 5.81. The van der Waals surface area contributed by atoms with Gasteiger partial charge in [0.25, 0.3) is 5.91 Å². The number of rotatable bonds is 5. The van der Waals surface area contributed by atoms with E-state index in [0.29, 0.717) is 13.2 Å². The Morgan fingerprint density at radius 1 is 1.50 bits per heavy atom. The Labute approximate surface area is 117 Å². The molecule has 1 aromatic rings. The van der Waals surface area contributed by atoms with Gasteiger partial charge in [-0.25, -0.2) is 4.39 Å². The number of carbonyl (C=O) groups excluding carboxylic acids is 1. The molecule has 0 radical (unpaired) electrons. The molecular weight excluding hydrogens is 265 g/mol. The number of hydrogen-bond acceptors (Lipinski definition) is 4. The van der Waals surface area contributed by atoms with E-state index in [-0.39, 0.29) is 30.9 Å². The number of nitrogens with one attached hydrogen (secondary N) is 1. The molecule has 1 N–H and O–H groups in total. The maximum atomic E-state index is 13.3. The number of halogens is 1. The summed E-state index contributed by atoms with van der Waals surface area (Å²) in [4.78, 5) is 11.8. The summed E-state index contributed by atoms with van der Waals surface area (Å²) in [5, 5.41) is 2.75. The predicted octanol–water partition coefficient (Wildman–Crippen LogP) is 1.12. The van der Waals surface area contributed by atoms with Gasteiger partial charge >= 0.3 is 0 Å². The molecule has 0 aromatic heterocycles. The van der Waals surface area contributed by atoms with E-state index in [2.05, 4.69) is 5.32 Å². The van der Waals surface area contributed by atoms with Crippen molar-refractivity contribution < 1.29 is 23.4 Å². The van der Waals surface area contributed by atoms with Crippen LogP contribution < -0.4 is 10.1 Å². The molecule has 2 atom stereocenters. The van der Waals surface area contributed by atoms with E-state index < -0.39 is 11.9 Å². The van der Waals surface area contributed by atoms with Gasteiger partial charge in [-0.1, -0.05) is 12.1 Å². The van der Waals surface area contributed by atoms with Crippen molar-refractivity contribution in [1.29, 1.82) is 0 Å². The number of amides is 1. The zero-order valence-electron chi connectivity index (χ0n) is 11.3. The van der Waals surface area contributed by atoms with Gasteiger partial charge in [-0.2, -0.15) is 0 Å². The summed E-state index contributed by atoms with van der Waals surface area (Å²) >= 11 is 0. The minimum Gasteiger partial charge on any atom is -0.488 e. The summed E-state index contributed by atoms with van der Waals surface area (Å²) < 4.78 is 29.1. The number of hydrogen-bond donors (Lipinski definition) is 1. The molecule has 0 saturated carbocycles. The summed E-state index contributed by atoms with van der Waals surface area (Å²) in [6.07, 6.45) is -0.584. The Kier molecular flexibility index (Phi) is 5.31. The van der Waals surface area contributed by atoms with E-state index >= 15 is 0 Å². The quantitative estimate of drug-likeness (QED) is 0.880. The maximum absolute atomic E-state index is 13.3. The van der Waals surface area contributed by atoms with Crippen molar-refractivity contribution in [2.24, 2.45) is 0 Å². The van der Waals surface area contributed by atoms with Gasteiger partial charge in [0, 0.05) is 0 Å². The van der Waals surface area contributed by atoms with Gasteiger partial charge in [0.1, 0.15) is 6.61 Å². The van der Waals surface area contributed by atoms with Gasteiger partial charge in [-0.05, 0) is 19.1 Å². The molecular formula is C14H18FNO4. The molecule has 0 aliphatic carbocycles. The fourth-order valence-electron chi connectivity index (χ4n) is 1.79. The molecule has 1 fully saturated rings. The van der Waals surface area contributed by atoms with Gasteiger partial charge in [0.05, 0.1) is 25.9 Å². The Morgan fingerprint density at radius 2 is 2.30 bits per heavy atom. The molecule has 1 aromatic carbocycles. The van der Waals surface area contributed by atoms with E-state index in [1.807, 2.05) is 0 Å². The normalized spacial score (nSPS) is 20.2. The highest BCUT2D eigenvalue weighted by Crippen LogP contribution is 2.15. The number of ether oxygens (including phenoxy) is 3. The van der Waals surface area contributed by atoms with Gasteiger partial charge in [-0.15, -0.1) is 0 Å². The molecule has 1 saturated heterocycles. The van der Waals surface area contributed by atoms with E-state index in [1.54, 1.807) is 25.1 Å². The van der Waals surface area contributed by atoms with Crippen LogP contribution >= 0.6 is 0 Å². The molecule has 0 unspecified atom stereocenters. The van der Waals surface area contributed by atoms with Gasteiger partial charge in [0.2, 0.25) is 0 Å². The van der Waals surface area contributed by atoms with E-state index in [9.17, 15) is 9.18 Å². The molecule has 0 spiro atoms. The first kappa shape index (κ1) is 14.7. The minimum absolute atomic E-state index is 0.172. The molecule has 0 bridgehead atoms. The average molecular weight is 283 g/mol. The summed E-state index contributed by atoms with van der Waals surface area (Å²) in [5.74, 6) is -0.491. The lowest BCUT2D eigenvalue weighted by Gasteiger charge is -2.24. The fourth-order valence-corrected chi connectivity index (χ4v) is 1.79. The molecule has 110 valence electrons. The fraction of sp³-hybridized carbons (Fsp3) is 0.500. The molecule has 5 nitrogen and oxygen atoms in total. The first-order valence-corrected chi connectivity index (χ1v) is 6.54. The van der Waals surface area contributed by atoms with Crippen LogP contribution in [0.1, 0.15) is 6.92 Å². The van der Waals surface area contributed by atoms with E-state index in [4.69, 9.17) is 14.2 Å². The molecule has 1 aliphatic heterocycles. The highest BCUT2D eigenvalue weighted by Gasteiger charge is 2.23. The Balaban J connectivity index is 1.76. The zero-order chi connectivity index (χ0) is 14.4. The minimum atomic E-state index is -0.584. The van der Waals surface area contributed by atoms with Crippen LogP contribution in [0.4, 0.5) is 4.39 Å². The smallest absolute Gasteiger partial charge is 0.251 e. The van der Waals surface area contributed by atoms with Crippen LogP contribution in [0, 0.1) is 5.82 Å². The lowest BCUT2D eigenvalue weighted by atomic mass is 10.3. The van der Waals surface area contributed by atoms with Gasteiger partial charge < -0.3 is 19.5 Å². The van der Waals surface area contributed by atoms with Crippen molar-refractivity contribution in [2.45, 2.75) is 19.1 Å². The van der Waals surface area contributed by atoms with Gasteiger partial charge in [-0.3, -0.25) is 4.79 Å². The second kappa shape index (κ2) is 7.21. The maximum Gasteiger partial charge on any atom is 0.251 e. The van der Waals surface area contributed by atoms with Crippen LogP contribution in [-0.2, 0) is 14.3 Å². The van der Waals surface area contributed by atoms with Crippen molar-refractivity contribution in [3.63, 3.8) is 0 Å². The van der Waals surface area contributed by atoms with Crippen molar-refractivity contribution in [2.75, 3.05) is 26.4 Å². The van der Waals surface area contributed by atoms with Crippen LogP contribution in [0.2, 0.25) is 0 Å². The number of benzene rings is 1. The summed E-state index contributed by atoms with van der Waals surface area (Å²) in [6.45, 7) is 3.14. The third-order valence-electron chi connectivity index (χ3n) is 2.82. The van der Waals surface area contributed by atoms with Crippen LogP contribution in [0.15, 0.2) is 24.3 Å². The lowest BCUT2D eigenvalue weighted by Crippen LogP contribution is -2.47. The topological polar surface area (TPSA) is 56.8 Å². The SMILES string of the molecule is C[C@H](COc1ccccc1F)NC(=O)[C@@H]1COCCO1. The van der Waals surface area contributed by atoms with E-state index in [0.717, 1.165) is 0 Å². The number of carbonyl (C=O) groups is 1. The van der Waals surface area contributed by atoms with Crippen molar-refractivity contribution in [3.8, 4) is 5.75 Å². The first-order chi connectivity index (χ1) is 9.66. The van der Waals surface area contributed by atoms with Crippen molar-refractivity contribution in [1.82, 2.24) is 5.32 Å². The lowest BCUT2D eigenvalue weighted by molar-refractivity contribution is -0.148. The molecule has 20 heavy (non-hydrogen) atoms. The summed E-state index contributed by atoms with van der Waals surface area (Å²) in [7, 11) is 0. The summed E-state index contributed by atoms with van der Waals surface area (Å²) in [6, 6.07) is 5.89. The van der Waals surface area contributed by atoms with Gasteiger partial charge in [0.15, 0.2) is 17.7 Å². The van der Waals surface area contributed by atoms with E-state index in [1.165, 1.54) is 6.07 Å². The molecule has 6 heteroatoms. The first-order valence-electron chi connectivity index (χ1n) is 6.54. The third kappa shape index (κ3) is 4.18. The highest BCUT2D eigenvalue weighted by atomic mass is 19.1.